The maximum Gasteiger partial charge on any atom is 0.292 e. The summed E-state index contributed by atoms with van der Waals surface area (Å²) in [6.07, 6.45) is 0. The minimum atomic E-state index is -1.99. The summed E-state index contributed by atoms with van der Waals surface area (Å²) < 4.78 is 59.6. The highest BCUT2D eigenvalue weighted by atomic mass is 32.1. The Kier molecular flexibility index (Phi) is 6.13. The van der Waals surface area contributed by atoms with Gasteiger partial charge in [0.1, 0.15) is 11.3 Å². The number of amides is 1. The number of methoxy groups -OCH3 is 1. The van der Waals surface area contributed by atoms with Gasteiger partial charge in [-0.25, -0.2) is 8.78 Å². The van der Waals surface area contributed by atoms with Crippen molar-refractivity contribution in [1.29, 1.82) is 0 Å². The summed E-state index contributed by atoms with van der Waals surface area (Å²) in [5.74, 6) is -10.7. The Morgan fingerprint density at radius 1 is 1.14 bits per heavy atom. The lowest BCUT2D eigenvalue weighted by molar-refractivity contribution is -0.383. The molecule has 0 fully saturated rings. The second-order valence-corrected chi connectivity index (χ2v) is 5.76. The van der Waals surface area contributed by atoms with Gasteiger partial charge >= 0.3 is 0 Å². The first-order valence-corrected chi connectivity index (χ1v) is 7.76. The van der Waals surface area contributed by atoms with Crippen LogP contribution >= 0.6 is 12.2 Å². The SMILES string of the molecule is COc1c(F)c(F)c(C(=O)NC(=S)Nc2ccc(C)cc2[N+](=O)[O-])c(F)c1F. The van der Waals surface area contributed by atoms with E-state index < -0.39 is 50.5 Å². The molecule has 7 nitrogen and oxygen atoms in total. The van der Waals surface area contributed by atoms with Crippen molar-refractivity contribution < 1.29 is 32.0 Å². The molecule has 12 heteroatoms. The van der Waals surface area contributed by atoms with Crippen molar-refractivity contribution in [2.24, 2.45) is 0 Å². The predicted octanol–water partition coefficient (Wildman–Crippen LogP) is 3.60. The fourth-order valence-corrected chi connectivity index (χ4v) is 2.41. The van der Waals surface area contributed by atoms with Gasteiger partial charge in [-0.1, -0.05) is 6.07 Å². The number of nitrogens with zero attached hydrogens (tertiary/aromatic N) is 1. The lowest BCUT2D eigenvalue weighted by Gasteiger charge is -2.13. The minimum absolute atomic E-state index is 0.117. The number of halogens is 4. The average molecular weight is 417 g/mol. The molecule has 0 aliphatic rings. The maximum absolute atomic E-state index is 14.0. The van der Waals surface area contributed by atoms with Crippen molar-refractivity contribution in [2.45, 2.75) is 6.92 Å². The molecule has 0 saturated heterocycles. The number of thiocarbonyl (C=S) groups is 1. The molecule has 28 heavy (non-hydrogen) atoms. The van der Waals surface area contributed by atoms with Crippen molar-refractivity contribution >= 4 is 34.6 Å². The van der Waals surface area contributed by atoms with E-state index in [1.165, 1.54) is 18.2 Å². The van der Waals surface area contributed by atoms with Gasteiger partial charge in [-0.15, -0.1) is 0 Å². The van der Waals surface area contributed by atoms with Crippen LogP contribution in [0.5, 0.6) is 5.75 Å². The zero-order chi connectivity index (χ0) is 21.2. The molecule has 0 saturated carbocycles. The number of nitro benzene ring substituents is 1. The normalized spacial score (nSPS) is 10.4. The zero-order valence-electron chi connectivity index (χ0n) is 14.2. The predicted molar refractivity (Wildman–Crippen MR) is 94.3 cm³/mol. The van der Waals surface area contributed by atoms with Crippen molar-refractivity contribution in [3.05, 3.63) is 62.7 Å². The molecule has 2 rings (SSSR count). The number of hydrogen-bond acceptors (Lipinski definition) is 5. The highest BCUT2D eigenvalue weighted by Gasteiger charge is 2.30. The number of benzene rings is 2. The summed E-state index contributed by atoms with van der Waals surface area (Å²) in [5, 5.41) is 14.6. The molecule has 0 bridgehead atoms. The van der Waals surface area contributed by atoms with Crippen LogP contribution in [0.15, 0.2) is 18.2 Å². The van der Waals surface area contributed by atoms with Crippen LogP contribution in [0.2, 0.25) is 0 Å². The molecule has 2 aromatic carbocycles. The lowest BCUT2D eigenvalue weighted by Crippen LogP contribution is -2.35. The largest absolute Gasteiger partial charge is 0.491 e. The van der Waals surface area contributed by atoms with Gasteiger partial charge in [0.05, 0.1) is 12.0 Å². The van der Waals surface area contributed by atoms with Crippen LogP contribution < -0.4 is 15.4 Å². The van der Waals surface area contributed by atoms with E-state index in [9.17, 15) is 32.5 Å². The molecule has 0 aromatic heterocycles. The van der Waals surface area contributed by atoms with Crippen molar-refractivity contribution in [3.8, 4) is 5.75 Å². The topological polar surface area (TPSA) is 93.5 Å². The fourth-order valence-electron chi connectivity index (χ4n) is 2.21. The number of hydrogen-bond donors (Lipinski definition) is 2. The number of carbonyl (C=O) groups is 1. The number of carbonyl (C=O) groups excluding carboxylic acids is 1. The smallest absolute Gasteiger partial charge is 0.292 e. The van der Waals surface area contributed by atoms with Gasteiger partial charge in [0.2, 0.25) is 11.6 Å². The molecule has 0 heterocycles. The van der Waals surface area contributed by atoms with E-state index >= 15 is 0 Å². The molecular weight excluding hydrogens is 406 g/mol. The Labute approximate surface area is 160 Å². The maximum atomic E-state index is 14.0. The Bertz CT molecular complexity index is 971. The molecule has 0 unspecified atom stereocenters. The minimum Gasteiger partial charge on any atom is -0.491 e. The van der Waals surface area contributed by atoms with E-state index in [-0.39, 0.29) is 11.4 Å². The summed E-state index contributed by atoms with van der Waals surface area (Å²) in [5.41, 5.74) is -1.50. The summed E-state index contributed by atoms with van der Waals surface area (Å²) in [6, 6.07) is 4.02. The molecule has 0 aliphatic carbocycles. The van der Waals surface area contributed by atoms with Crippen LogP contribution in [0.3, 0.4) is 0 Å². The van der Waals surface area contributed by atoms with Crippen LogP contribution in [0.1, 0.15) is 15.9 Å². The first-order chi connectivity index (χ1) is 13.1. The van der Waals surface area contributed by atoms with Crippen molar-refractivity contribution in [2.75, 3.05) is 12.4 Å². The first-order valence-electron chi connectivity index (χ1n) is 7.35. The number of nitro groups is 1. The van der Waals surface area contributed by atoms with Crippen LogP contribution in [-0.2, 0) is 0 Å². The second-order valence-electron chi connectivity index (χ2n) is 5.35. The summed E-state index contributed by atoms with van der Waals surface area (Å²) in [6.45, 7) is 1.61. The molecule has 0 radical (unpaired) electrons. The summed E-state index contributed by atoms with van der Waals surface area (Å²) in [4.78, 5) is 22.4. The van der Waals surface area contributed by atoms with Crippen LogP contribution in [-0.4, -0.2) is 23.1 Å². The molecule has 0 atom stereocenters. The van der Waals surface area contributed by atoms with E-state index in [2.05, 4.69) is 10.1 Å². The molecule has 0 spiro atoms. The Balaban J connectivity index is 2.30. The standard InChI is InChI=1S/C16H11F4N3O4S/c1-6-3-4-7(8(5-6)23(25)26)21-16(28)22-15(24)9-10(17)12(19)14(27-2)13(20)11(9)18/h3-5H,1-2H3,(H2,21,22,24,28). The molecule has 2 N–H and O–H groups in total. The number of anilines is 1. The molecule has 0 aliphatic heterocycles. The lowest BCUT2D eigenvalue weighted by atomic mass is 10.1. The van der Waals surface area contributed by atoms with Gasteiger partial charge in [0, 0.05) is 6.07 Å². The van der Waals surface area contributed by atoms with Crippen molar-refractivity contribution in [3.63, 3.8) is 0 Å². The highest BCUT2D eigenvalue weighted by molar-refractivity contribution is 7.80. The Morgan fingerprint density at radius 2 is 1.71 bits per heavy atom. The summed E-state index contributed by atoms with van der Waals surface area (Å²) in [7, 11) is 0.785. The van der Waals surface area contributed by atoms with Gasteiger partial charge in [0.25, 0.3) is 11.6 Å². The number of nitrogens with one attached hydrogen (secondary N) is 2. The Hall–Kier alpha value is -3.28. The fraction of sp³-hybridized carbons (Fsp3) is 0.125. The van der Waals surface area contributed by atoms with E-state index in [1.54, 1.807) is 12.2 Å². The second kappa shape index (κ2) is 8.17. The van der Waals surface area contributed by atoms with Gasteiger partial charge < -0.3 is 10.1 Å². The van der Waals surface area contributed by atoms with E-state index in [4.69, 9.17) is 12.2 Å². The van der Waals surface area contributed by atoms with Crippen LogP contribution in [0.25, 0.3) is 0 Å². The molecule has 1 amide bonds. The average Bonchev–Trinajstić information content (AvgIpc) is 2.62. The molecule has 148 valence electrons. The molecule has 2 aromatic rings. The monoisotopic (exact) mass is 417 g/mol. The van der Waals surface area contributed by atoms with E-state index in [1.807, 2.05) is 0 Å². The number of aryl methyl sites for hydroxylation is 1. The van der Waals surface area contributed by atoms with E-state index in [0.717, 1.165) is 7.11 Å². The summed E-state index contributed by atoms with van der Waals surface area (Å²) >= 11 is 4.77. The quantitative estimate of drug-likeness (QED) is 0.260. The van der Waals surface area contributed by atoms with Gasteiger partial charge in [-0.3, -0.25) is 20.2 Å². The van der Waals surface area contributed by atoms with Gasteiger partial charge in [-0.05, 0) is 30.8 Å². The number of rotatable bonds is 4. The third-order valence-electron chi connectivity index (χ3n) is 3.48. The first kappa shape index (κ1) is 21.0. The van der Waals surface area contributed by atoms with Gasteiger partial charge in [-0.2, -0.15) is 8.78 Å². The third kappa shape index (κ3) is 4.01. The molecular formula is C16H11F4N3O4S. The third-order valence-corrected chi connectivity index (χ3v) is 3.68. The van der Waals surface area contributed by atoms with Crippen molar-refractivity contribution in [1.82, 2.24) is 5.32 Å². The number of ether oxygens (including phenoxy) is 1. The highest BCUT2D eigenvalue weighted by Crippen LogP contribution is 2.30. The van der Waals surface area contributed by atoms with Crippen LogP contribution in [0.4, 0.5) is 28.9 Å². The van der Waals surface area contributed by atoms with Gasteiger partial charge in [0.15, 0.2) is 22.5 Å². The van der Waals surface area contributed by atoms with Crippen LogP contribution in [0, 0.1) is 40.3 Å². The Morgan fingerprint density at radius 3 is 2.21 bits per heavy atom. The zero-order valence-corrected chi connectivity index (χ0v) is 15.0. The van der Waals surface area contributed by atoms with E-state index in [0.29, 0.717) is 5.56 Å².